The van der Waals surface area contributed by atoms with E-state index in [9.17, 15) is 4.79 Å². The van der Waals surface area contributed by atoms with Gasteiger partial charge in [-0.05, 0) is 35.9 Å². The summed E-state index contributed by atoms with van der Waals surface area (Å²) in [5.41, 5.74) is 1.64. The highest BCUT2D eigenvalue weighted by Gasteiger charge is 2.08. The summed E-state index contributed by atoms with van der Waals surface area (Å²) in [4.78, 5) is 13.4. The fourth-order valence-corrected chi connectivity index (χ4v) is 1.85. The number of rotatable bonds is 4. The molecule has 4 heteroatoms. The molecule has 0 saturated carbocycles. The van der Waals surface area contributed by atoms with Crippen molar-refractivity contribution >= 4 is 17.5 Å². The van der Waals surface area contributed by atoms with Crippen LogP contribution in [0.2, 0.25) is 5.02 Å². The predicted octanol–water partition coefficient (Wildman–Crippen LogP) is 3.62. The predicted molar refractivity (Wildman–Crippen MR) is 80.2 cm³/mol. The lowest BCUT2D eigenvalue weighted by Crippen LogP contribution is -2.21. The number of nitrogens with zero attached hydrogens (tertiary/aromatic N) is 1. The highest BCUT2D eigenvalue weighted by atomic mass is 35.5. The van der Waals surface area contributed by atoms with E-state index >= 15 is 0 Å². The number of amides is 1. The Balaban J connectivity index is 2.05. The molecular weight excluding hydrogens is 274 g/mol. The minimum atomic E-state index is -0.0399. The van der Waals surface area contributed by atoms with E-state index in [0.717, 1.165) is 5.56 Å². The zero-order valence-electron chi connectivity index (χ0n) is 11.5. The second-order valence-electron chi connectivity index (χ2n) is 4.64. The largest absolute Gasteiger partial charge is 0.489 e. The minimum absolute atomic E-state index is 0.0399. The first-order chi connectivity index (χ1) is 9.56. The van der Waals surface area contributed by atoms with E-state index in [0.29, 0.717) is 22.9 Å². The van der Waals surface area contributed by atoms with Gasteiger partial charge in [-0.15, -0.1) is 0 Å². The summed E-state index contributed by atoms with van der Waals surface area (Å²) in [6.07, 6.45) is 0. The quantitative estimate of drug-likeness (QED) is 0.860. The molecule has 20 heavy (non-hydrogen) atoms. The van der Waals surface area contributed by atoms with Crippen molar-refractivity contribution in [1.29, 1.82) is 0 Å². The van der Waals surface area contributed by atoms with Crippen LogP contribution >= 0.6 is 11.6 Å². The molecule has 0 N–H and O–H groups in total. The summed E-state index contributed by atoms with van der Waals surface area (Å²) in [5.74, 6) is 0.634. The summed E-state index contributed by atoms with van der Waals surface area (Å²) in [6.45, 7) is 0.441. The summed E-state index contributed by atoms with van der Waals surface area (Å²) in [7, 11) is 3.45. The Hall–Kier alpha value is -2.00. The smallest absolute Gasteiger partial charge is 0.253 e. The fourth-order valence-electron chi connectivity index (χ4n) is 1.72. The maximum atomic E-state index is 11.9. The molecule has 0 atom stereocenters. The van der Waals surface area contributed by atoms with Gasteiger partial charge in [0.25, 0.3) is 5.91 Å². The molecule has 3 nitrogen and oxygen atoms in total. The van der Waals surface area contributed by atoms with E-state index in [1.807, 2.05) is 36.4 Å². The number of carbonyl (C=O) groups excluding carboxylic acids is 1. The summed E-state index contributed by atoms with van der Waals surface area (Å²) < 4.78 is 5.69. The normalized spacial score (nSPS) is 10.2. The van der Waals surface area contributed by atoms with Crippen molar-refractivity contribution in [2.24, 2.45) is 0 Å². The molecule has 0 fully saturated rings. The number of ether oxygens (including phenoxy) is 1. The van der Waals surface area contributed by atoms with Crippen molar-refractivity contribution in [3.63, 3.8) is 0 Å². The van der Waals surface area contributed by atoms with Crippen molar-refractivity contribution < 1.29 is 9.53 Å². The third-order valence-electron chi connectivity index (χ3n) is 2.81. The topological polar surface area (TPSA) is 29.5 Å². The van der Waals surface area contributed by atoms with Crippen molar-refractivity contribution in [2.75, 3.05) is 14.1 Å². The van der Waals surface area contributed by atoms with Crippen LogP contribution in [0.4, 0.5) is 0 Å². The van der Waals surface area contributed by atoms with Crippen LogP contribution < -0.4 is 4.74 Å². The van der Waals surface area contributed by atoms with E-state index < -0.39 is 0 Å². The second kappa shape index (κ2) is 6.44. The van der Waals surface area contributed by atoms with Gasteiger partial charge in [-0.2, -0.15) is 0 Å². The summed E-state index contributed by atoms with van der Waals surface area (Å²) >= 11 is 5.83. The van der Waals surface area contributed by atoms with Crippen molar-refractivity contribution in [3.05, 3.63) is 64.7 Å². The Morgan fingerprint density at radius 2 is 1.85 bits per heavy atom. The maximum absolute atomic E-state index is 11.9. The molecule has 0 bridgehead atoms. The van der Waals surface area contributed by atoms with Gasteiger partial charge in [0.2, 0.25) is 0 Å². The molecule has 2 rings (SSSR count). The Labute approximate surface area is 123 Å². The first-order valence-corrected chi connectivity index (χ1v) is 6.63. The average Bonchev–Trinajstić information content (AvgIpc) is 2.46. The molecule has 2 aromatic rings. The van der Waals surface area contributed by atoms with Gasteiger partial charge in [0, 0.05) is 24.7 Å². The molecule has 0 aromatic heterocycles. The highest BCUT2D eigenvalue weighted by molar-refractivity contribution is 6.30. The molecule has 0 aliphatic heterocycles. The van der Waals surface area contributed by atoms with Gasteiger partial charge >= 0.3 is 0 Å². The zero-order chi connectivity index (χ0) is 14.5. The molecule has 104 valence electrons. The van der Waals surface area contributed by atoms with Gasteiger partial charge in [0.1, 0.15) is 12.4 Å². The van der Waals surface area contributed by atoms with Gasteiger partial charge in [-0.3, -0.25) is 4.79 Å². The van der Waals surface area contributed by atoms with Crippen LogP contribution in [0, 0.1) is 0 Å². The van der Waals surface area contributed by atoms with Crippen LogP contribution in [0.5, 0.6) is 5.75 Å². The lowest BCUT2D eigenvalue weighted by atomic mass is 10.2. The van der Waals surface area contributed by atoms with Crippen LogP contribution in [-0.2, 0) is 6.61 Å². The molecule has 2 aromatic carbocycles. The fraction of sp³-hybridized carbons (Fsp3) is 0.188. The molecule has 0 heterocycles. The first kappa shape index (κ1) is 14.4. The van der Waals surface area contributed by atoms with Gasteiger partial charge in [0.05, 0.1) is 0 Å². The van der Waals surface area contributed by atoms with Crippen molar-refractivity contribution in [2.45, 2.75) is 6.61 Å². The van der Waals surface area contributed by atoms with Crippen LogP contribution in [-0.4, -0.2) is 24.9 Å². The summed E-state index contributed by atoms with van der Waals surface area (Å²) in [5, 5.41) is 0.701. The van der Waals surface area contributed by atoms with Gasteiger partial charge in [-0.1, -0.05) is 29.8 Å². The molecule has 0 aliphatic carbocycles. The number of hydrogen-bond donors (Lipinski definition) is 0. The third-order valence-corrected chi connectivity index (χ3v) is 3.06. The number of hydrogen-bond acceptors (Lipinski definition) is 2. The van der Waals surface area contributed by atoms with Gasteiger partial charge < -0.3 is 9.64 Å². The standard InChI is InChI=1S/C16H16ClNO2/c1-18(2)16(19)13-4-3-5-15(10-13)20-11-12-6-8-14(17)9-7-12/h3-10H,11H2,1-2H3. The Bertz CT molecular complexity index is 594. The van der Waals surface area contributed by atoms with E-state index in [-0.39, 0.29) is 5.91 Å². The Kier molecular flexibility index (Phi) is 4.64. The van der Waals surface area contributed by atoms with Gasteiger partial charge in [-0.25, -0.2) is 0 Å². The van der Waals surface area contributed by atoms with Crippen LogP contribution in [0.3, 0.4) is 0 Å². The second-order valence-corrected chi connectivity index (χ2v) is 5.08. The monoisotopic (exact) mass is 289 g/mol. The van der Waals surface area contributed by atoms with Crippen LogP contribution in [0.15, 0.2) is 48.5 Å². The lowest BCUT2D eigenvalue weighted by Gasteiger charge is -2.12. The lowest BCUT2D eigenvalue weighted by molar-refractivity contribution is 0.0827. The van der Waals surface area contributed by atoms with E-state index in [1.54, 1.807) is 26.2 Å². The van der Waals surface area contributed by atoms with Crippen molar-refractivity contribution in [3.8, 4) is 5.75 Å². The van der Waals surface area contributed by atoms with Crippen LogP contribution in [0.1, 0.15) is 15.9 Å². The average molecular weight is 290 g/mol. The molecule has 0 unspecified atom stereocenters. The SMILES string of the molecule is CN(C)C(=O)c1cccc(OCc2ccc(Cl)cc2)c1. The van der Waals surface area contributed by atoms with E-state index in [2.05, 4.69) is 0 Å². The molecular formula is C16H16ClNO2. The first-order valence-electron chi connectivity index (χ1n) is 6.25. The van der Waals surface area contributed by atoms with E-state index in [1.165, 1.54) is 4.90 Å². The zero-order valence-corrected chi connectivity index (χ0v) is 12.2. The molecule has 0 spiro atoms. The van der Waals surface area contributed by atoms with Crippen molar-refractivity contribution in [1.82, 2.24) is 4.90 Å². The molecule has 0 radical (unpaired) electrons. The van der Waals surface area contributed by atoms with E-state index in [4.69, 9.17) is 16.3 Å². The third kappa shape index (κ3) is 3.75. The summed E-state index contributed by atoms with van der Waals surface area (Å²) in [6, 6.07) is 14.7. The highest BCUT2D eigenvalue weighted by Crippen LogP contribution is 2.17. The minimum Gasteiger partial charge on any atom is -0.489 e. The van der Waals surface area contributed by atoms with Crippen LogP contribution in [0.25, 0.3) is 0 Å². The Morgan fingerprint density at radius 3 is 2.50 bits per heavy atom. The maximum Gasteiger partial charge on any atom is 0.253 e. The number of carbonyl (C=O) groups is 1. The number of halogens is 1. The van der Waals surface area contributed by atoms with Gasteiger partial charge in [0.15, 0.2) is 0 Å². The molecule has 0 saturated heterocycles. The number of benzene rings is 2. The molecule has 0 aliphatic rings. The molecule has 1 amide bonds. The Morgan fingerprint density at radius 1 is 1.15 bits per heavy atom.